The predicted octanol–water partition coefficient (Wildman–Crippen LogP) is 1.93. The van der Waals surface area contributed by atoms with Crippen LogP contribution in [-0.4, -0.2) is 16.3 Å². The maximum atomic E-state index is 12.3. The maximum Gasteiger partial charge on any atom is 0.436 e. The molecule has 1 aromatic rings. The van der Waals surface area contributed by atoms with Crippen molar-refractivity contribution in [3.8, 4) is 0 Å². The number of nitrogens with zero attached hydrogens (tertiary/aromatic N) is 2. The molecule has 0 radical (unpaired) electrons. The first-order valence-corrected chi connectivity index (χ1v) is 4.67. The third kappa shape index (κ3) is 2.09. The molecule has 0 fully saturated rings. The molecule has 0 bridgehead atoms. The normalized spacial score (nSPS) is 12.1. The van der Waals surface area contributed by atoms with Gasteiger partial charge in [0.15, 0.2) is 5.69 Å². The Morgan fingerprint density at radius 3 is 2.43 bits per heavy atom. The molecule has 0 spiro atoms. The highest BCUT2D eigenvalue weighted by atomic mass is 79.9. The summed E-state index contributed by atoms with van der Waals surface area (Å²) in [5.41, 5.74) is 4.77. The monoisotopic (exact) mass is 271 g/mol. The van der Waals surface area contributed by atoms with Gasteiger partial charge in [-0.3, -0.25) is 4.68 Å². The van der Waals surface area contributed by atoms with Gasteiger partial charge < -0.3 is 5.73 Å². The van der Waals surface area contributed by atoms with E-state index in [-0.39, 0.29) is 17.6 Å². The molecule has 14 heavy (non-hydrogen) atoms. The minimum atomic E-state index is -4.43. The molecule has 0 aromatic carbocycles. The summed E-state index contributed by atoms with van der Waals surface area (Å²) in [6.07, 6.45) is -4.43. The largest absolute Gasteiger partial charge is 0.436 e. The summed E-state index contributed by atoms with van der Waals surface area (Å²) in [5, 5.41) is 3.44. The summed E-state index contributed by atoms with van der Waals surface area (Å²) < 4.78 is 38.3. The van der Waals surface area contributed by atoms with Gasteiger partial charge in [0.05, 0.1) is 16.7 Å². The lowest BCUT2D eigenvalue weighted by Gasteiger charge is -2.01. The average Bonchev–Trinajstić information content (AvgIpc) is 2.32. The minimum absolute atomic E-state index is 0.0153. The van der Waals surface area contributed by atoms with Gasteiger partial charge in [0, 0.05) is 6.54 Å². The van der Waals surface area contributed by atoms with Crippen LogP contribution >= 0.6 is 15.9 Å². The summed E-state index contributed by atoms with van der Waals surface area (Å²) in [6.45, 7) is 2.09. The molecule has 2 N–H and O–H groups in total. The molecule has 1 rings (SSSR count). The fourth-order valence-corrected chi connectivity index (χ4v) is 1.55. The molecule has 0 aliphatic carbocycles. The Morgan fingerprint density at radius 2 is 2.07 bits per heavy atom. The minimum Gasteiger partial charge on any atom is -0.329 e. The molecule has 0 unspecified atom stereocenters. The molecular formula is C7H9BrF3N3. The number of aromatic nitrogens is 2. The van der Waals surface area contributed by atoms with Gasteiger partial charge in [0.1, 0.15) is 0 Å². The zero-order chi connectivity index (χ0) is 10.9. The smallest absolute Gasteiger partial charge is 0.329 e. The van der Waals surface area contributed by atoms with Gasteiger partial charge in [-0.25, -0.2) is 0 Å². The number of hydrogen-bond donors (Lipinski definition) is 1. The van der Waals surface area contributed by atoms with Gasteiger partial charge in [-0.2, -0.15) is 18.3 Å². The van der Waals surface area contributed by atoms with Gasteiger partial charge >= 0.3 is 6.18 Å². The molecule has 0 aliphatic heterocycles. The van der Waals surface area contributed by atoms with Crippen LogP contribution in [0.15, 0.2) is 4.47 Å². The fourth-order valence-electron chi connectivity index (χ4n) is 1.05. The Morgan fingerprint density at radius 1 is 1.50 bits per heavy atom. The first-order valence-electron chi connectivity index (χ1n) is 3.88. The van der Waals surface area contributed by atoms with Gasteiger partial charge in [-0.05, 0) is 22.9 Å². The third-order valence-electron chi connectivity index (χ3n) is 1.74. The van der Waals surface area contributed by atoms with Crippen LogP contribution in [0.5, 0.6) is 0 Å². The van der Waals surface area contributed by atoms with Gasteiger partial charge in [-0.15, -0.1) is 0 Å². The Hall–Kier alpha value is -0.560. The van der Waals surface area contributed by atoms with Crippen molar-refractivity contribution < 1.29 is 13.2 Å². The van der Waals surface area contributed by atoms with Crippen molar-refractivity contribution in [2.45, 2.75) is 19.6 Å². The molecule has 0 saturated heterocycles. The van der Waals surface area contributed by atoms with Crippen LogP contribution in [0.2, 0.25) is 0 Å². The summed E-state index contributed by atoms with van der Waals surface area (Å²) in [7, 11) is 0. The van der Waals surface area contributed by atoms with Crippen LogP contribution in [0.25, 0.3) is 0 Å². The van der Waals surface area contributed by atoms with E-state index < -0.39 is 11.9 Å². The van der Waals surface area contributed by atoms with Crippen LogP contribution in [0, 0.1) is 6.92 Å². The quantitative estimate of drug-likeness (QED) is 0.894. The summed E-state index contributed by atoms with van der Waals surface area (Å²) in [5.74, 6) is 0. The van der Waals surface area contributed by atoms with E-state index in [2.05, 4.69) is 21.0 Å². The average molecular weight is 272 g/mol. The molecule has 0 aliphatic rings. The second kappa shape index (κ2) is 3.90. The fraction of sp³-hybridized carbons (Fsp3) is 0.571. The first kappa shape index (κ1) is 11.5. The molecule has 3 nitrogen and oxygen atoms in total. The van der Waals surface area contributed by atoms with Crippen molar-refractivity contribution in [2.24, 2.45) is 5.73 Å². The highest BCUT2D eigenvalue weighted by molar-refractivity contribution is 9.10. The van der Waals surface area contributed by atoms with Crippen LogP contribution in [0.4, 0.5) is 13.2 Å². The van der Waals surface area contributed by atoms with E-state index in [0.717, 1.165) is 0 Å². The van der Waals surface area contributed by atoms with E-state index in [9.17, 15) is 13.2 Å². The van der Waals surface area contributed by atoms with Crippen LogP contribution in [0.1, 0.15) is 11.4 Å². The number of hydrogen-bond acceptors (Lipinski definition) is 2. The van der Waals surface area contributed by atoms with Crippen molar-refractivity contribution >= 4 is 15.9 Å². The van der Waals surface area contributed by atoms with Crippen LogP contribution < -0.4 is 5.73 Å². The summed E-state index contributed by atoms with van der Waals surface area (Å²) >= 11 is 2.86. The van der Waals surface area contributed by atoms with Gasteiger partial charge in [0.2, 0.25) is 0 Å². The Kier molecular flexibility index (Phi) is 3.20. The molecule has 80 valence electrons. The third-order valence-corrected chi connectivity index (χ3v) is 2.69. The van der Waals surface area contributed by atoms with Crippen LogP contribution in [0.3, 0.4) is 0 Å². The molecule has 1 heterocycles. The second-order valence-corrected chi connectivity index (χ2v) is 3.55. The first-order chi connectivity index (χ1) is 6.38. The second-order valence-electron chi connectivity index (χ2n) is 2.76. The van der Waals surface area contributed by atoms with E-state index in [4.69, 9.17) is 5.73 Å². The molecule has 0 atom stereocenters. The molecular weight excluding hydrogens is 263 g/mol. The Bertz CT molecular complexity index is 332. The molecule has 0 amide bonds. The standard InChI is InChI=1S/C7H9BrF3N3/c1-4-5(8)6(7(9,10)11)13-14(4)3-2-12/h2-3,12H2,1H3. The summed E-state index contributed by atoms with van der Waals surface area (Å²) in [4.78, 5) is 0. The van der Waals surface area contributed by atoms with E-state index in [1.807, 2.05) is 0 Å². The predicted molar refractivity (Wildman–Crippen MR) is 48.7 cm³/mol. The highest BCUT2D eigenvalue weighted by Gasteiger charge is 2.37. The van der Waals surface area contributed by atoms with Crippen molar-refractivity contribution in [3.05, 3.63) is 15.9 Å². The number of halogens is 4. The SMILES string of the molecule is Cc1c(Br)c(C(F)(F)F)nn1CCN. The van der Waals surface area contributed by atoms with E-state index in [1.165, 1.54) is 4.68 Å². The molecule has 0 saturated carbocycles. The zero-order valence-electron chi connectivity index (χ0n) is 7.40. The van der Waals surface area contributed by atoms with Crippen LogP contribution in [-0.2, 0) is 12.7 Å². The van der Waals surface area contributed by atoms with Gasteiger partial charge in [-0.1, -0.05) is 0 Å². The topological polar surface area (TPSA) is 43.8 Å². The van der Waals surface area contributed by atoms with E-state index in [0.29, 0.717) is 5.69 Å². The molecule has 7 heteroatoms. The van der Waals surface area contributed by atoms with E-state index in [1.54, 1.807) is 6.92 Å². The number of rotatable bonds is 2. The van der Waals surface area contributed by atoms with E-state index >= 15 is 0 Å². The Labute approximate surface area is 87.2 Å². The van der Waals surface area contributed by atoms with Crippen molar-refractivity contribution in [2.75, 3.05) is 6.54 Å². The summed E-state index contributed by atoms with van der Waals surface area (Å²) in [6, 6.07) is 0. The van der Waals surface area contributed by atoms with Crippen molar-refractivity contribution in [3.63, 3.8) is 0 Å². The number of alkyl halides is 3. The van der Waals surface area contributed by atoms with Crippen molar-refractivity contribution in [1.29, 1.82) is 0 Å². The lowest BCUT2D eigenvalue weighted by Crippen LogP contribution is -2.13. The highest BCUT2D eigenvalue weighted by Crippen LogP contribution is 2.35. The van der Waals surface area contributed by atoms with Crippen molar-refractivity contribution in [1.82, 2.24) is 9.78 Å². The van der Waals surface area contributed by atoms with Gasteiger partial charge in [0.25, 0.3) is 0 Å². The maximum absolute atomic E-state index is 12.3. The number of nitrogens with two attached hydrogens (primary N) is 1. The zero-order valence-corrected chi connectivity index (χ0v) is 8.98. The molecule has 1 aromatic heterocycles. The lowest BCUT2D eigenvalue weighted by molar-refractivity contribution is -0.142. The lowest BCUT2D eigenvalue weighted by atomic mass is 10.3. The Balaban J connectivity index is 3.15.